The van der Waals surface area contributed by atoms with Gasteiger partial charge in [0.15, 0.2) is 0 Å². The average molecular weight is 288 g/mol. The van der Waals surface area contributed by atoms with Crippen LogP contribution in [0, 0.1) is 0 Å². The Bertz CT molecular complexity index is 692. The number of thiazole rings is 1. The van der Waals surface area contributed by atoms with E-state index in [1.54, 1.807) is 12.1 Å². The lowest BCUT2D eigenvalue weighted by molar-refractivity contribution is 0.459. The molecule has 0 aliphatic rings. The largest absolute Gasteiger partial charge is 0.492 e. The van der Waals surface area contributed by atoms with Crippen molar-refractivity contribution < 1.29 is 5.11 Å². The fourth-order valence-corrected chi connectivity index (χ4v) is 2.90. The van der Waals surface area contributed by atoms with Crippen LogP contribution in [0.4, 0.5) is 0 Å². The van der Waals surface area contributed by atoms with Crippen molar-refractivity contribution in [3.05, 3.63) is 59.6 Å². The second-order valence-electron chi connectivity index (χ2n) is 4.04. The van der Waals surface area contributed by atoms with Gasteiger partial charge in [-0.05, 0) is 17.7 Å². The maximum absolute atomic E-state index is 9.98. The summed E-state index contributed by atoms with van der Waals surface area (Å²) in [5.74, 6) is 0.0613. The first-order valence-corrected chi connectivity index (χ1v) is 6.94. The number of nitrogens with zero attached hydrogens (tertiary/aromatic N) is 1. The van der Waals surface area contributed by atoms with Crippen LogP contribution in [0.25, 0.3) is 21.0 Å². The second kappa shape index (κ2) is 5.03. The van der Waals surface area contributed by atoms with Gasteiger partial charge in [-0.2, -0.15) is 0 Å². The van der Waals surface area contributed by atoms with Gasteiger partial charge in [-0.3, -0.25) is 0 Å². The van der Waals surface area contributed by atoms with Gasteiger partial charge in [0, 0.05) is 10.6 Å². The Morgan fingerprint density at radius 3 is 2.26 bits per heavy atom. The molecule has 0 bridgehead atoms. The van der Waals surface area contributed by atoms with E-state index in [2.05, 4.69) is 4.98 Å². The molecule has 1 N–H and O–H groups in total. The maximum Gasteiger partial charge on any atom is 0.230 e. The average Bonchev–Trinajstić information content (AvgIpc) is 2.83. The Morgan fingerprint density at radius 2 is 1.58 bits per heavy atom. The molecule has 1 aromatic heterocycles. The van der Waals surface area contributed by atoms with E-state index in [1.165, 1.54) is 11.3 Å². The third kappa shape index (κ3) is 2.48. The molecule has 3 aromatic rings. The first kappa shape index (κ1) is 12.2. The quantitative estimate of drug-likeness (QED) is 0.732. The van der Waals surface area contributed by atoms with E-state index >= 15 is 0 Å². The first-order valence-electron chi connectivity index (χ1n) is 5.75. The number of halogens is 1. The summed E-state index contributed by atoms with van der Waals surface area (Å²) < 4.78 is 0. The topological polar surface area (TPSA) is 33.1 Å². The van der Waals surface area contributed by atoms with Crippen LogP contribution in [0.1, 0.15) is 0 Å². The molecule has 0 aliphatic heterocycles. The van der Waals surface area contributed by atoms with Crippen molar-refractivity contribution in [1.82, 2.24) is 4.98 Å². The molecule has 0 aliphatic carbocycles. The SMILES string of the molecule is Oc1nc(-c2ccccc2)sc1-c1ccc(Cl)cc1. The molecule has 0 amide bonds. The van der Waals surface area contributed by atoms with Crippen LogP contribution in [0.3, 0.4) is 0 Å². The smallest absolute Gasteiger partial charge is 0.230 e. The van der Waals surface area contributed by atoms with E-state index in [1.807, 2.05) is 42.5 Å². The molecular formula is C15H10ClNOS. The summed E-state index contributed by atoms with van der Waals surface area (Å²) in [5, 5.41) is 11.5. The summed E-state index contributed by atoms with van der Waals surface area (Å²) in [7, 11) is 0. The maximum atomic E-state index is 9.98. The third-order valence-electron chi connectivity index (χ3n) is 2.74. The molecule has 0 fully saturated rings. The standard InChI is InChI=1S/C15H10ClNOS/c16-12-8-6-10(7-9-12)13-14(18)17-15(19-13)11-4-2-1-3-5-11/h1-9,18H. The predicted octanol–water partition coefficient (Wildman–Crippen LogP) is 4.84. The number of benzene rings is 2. The number of hydrogen-bond acceptors (Lipinski definition) is 3. The van der Waals surface area contributed by atoms with Crippen molar-refractivity contribution in [1.29, 1.82) is 0 Å². The van der Waals surface area contributed by atoms with Crippen LogP contribution in [0.5, 0.6) is 5.88 Å². The van der Waals surface area contributed by atoms with Gasteiger partial charge < -0.3 is 5.11 Å². The molecule has 0 saturated carbocycles. The molecule has 2 nitrogen and oxygen atoms in total. The summed E-state index contributed by atoms with van der Waals surface area (Å²) in [4.78, 5) is 4.98. The Labute approximate surface area is 120 Å². The second-order valence-corrected chi connectivity index (χ2v) is 5.48. The molecule has 0 spiro atoms. The number of hydrogen-bond donors (Lipinski definition) is 1. The van der Waals surface area contributed by atoms with Crippen LogP contribution in [0.2, 0.25) is 5.02 Å². The molecular weight excluding hydrogens is 278 g/mol. The normalized spacial score (nSPS) is 10.6. The molecule has 0 unspecified atom stereocenters. The van der Waals surface area contributed by atoms with Gasteiger partial charge in [0.1, 0.15) is 5.01 Å². The van der Waals surface area contributed by atoms with E-state index in [9.17, 15) is 5.11 Å². The molecule has 0 saturated heterocycles. The fraction of sp³-hybridized carbons (Fsp3) is 0. The van der Waals surface area contributed by atoms with Crippen molar-refractivity contribution >= 4 is 22.9 Å². The lowest BCUT2D eigenvalue weighted by Gasteiger charge is -1.97. The Kier molecular flexibility index (Phi) is 3.23. The number of rotatable bonds is 2. The highest BCUT2D eigenvalue weighted by Gasteiger charge is 2.13. The molecule has 1 heterocycles. The zero-order valence-electron chi connectivity index (χ0n) is 9.88. The van der Waals surface area contributed by atoms with Crippen LogP contribution in [-0.2, 0) is 0 Å². The van der Waals surface area contributed by atoms with Gasteiger partial charge in [-0.15, -0.1) is 11.3 Å². The van der Waals surface area contributed by atoms with Crippen molar-refractivity contribution in [3.63, 3.8) is 0 Å². The van der Waals surface area contributed by atoms with Gasteiger partial charge in [0.2, 0.25) is 5.88 Å². The minimum Gasteiger partial charge on any atom is -0.492 e. The molecule has 0 atom stereocenters. The lowest BCUT2D eigenvalue weighted by Crippen LogP contribution is -1.73. The summed E-state index contributed by atoms with van der Waals surface area (Å²) >= 11 is 7.33. The van der Waals surface area contributed by atoms with E-state index in [0.717, 1.165) is 21.0 Å². The van der Waals surface area contributed by atoms with Gasteiger partial charge in [0.25, 0.3) is 0 Å². The van der Waals surface area contributed by atoms with Gasteiger partial charge in [-0.25, -0.2) is 4.98 Å². The van der Waals surface area contributed by atoms with Crippen LogP contribution < -0.4 is 0 Å². The van der Waals surface area contributed by atoms with E-state index in [4.69, 9.17) is 11.6 Å². The molecule has 0 radical (unpaired) electrons. The van der Waals surface area contributed by atoms with Gasteiger partial charge in [0.05, 0.1) is 4.88 Å². The monoisotopic (exact) mass is 287 g/mol. The molecule has 4 heteroatoms. The minimum atomic E-state index is 0.0613. The van der Waals surface area contributed by atoms with Crippen LogP contribution >= 0.6 is 22.9 Å². The van der Waals surface area contributed by atoms with Crippen molar-refractivity contribution in [2.24, 2.45) is 0 Å². The highest BCUT2D eigenvalue weighted by Crippen LogP contribution is 2.39. The van der Waals surface area contributed by atoms with Gasteiger partial charge >= 0.3 is 0 Å². The molecule has 3 rings (SSSR count). The van der Waals surface area contributed by atoms with Crippen LogP contribution in [-0.4, -0.2) is 10.1 Å². The highest BCUT2D eigenvalue weighted by molar-refractivity contribution is 7.18. The van der Waals surface area contributed by atoms with E-state index in [0.29, 0.717) is 5.02 Å². The first-order chi connectivity index (χ1) is 9.24. The van der Waals surface area contributed by atoms with E-state index in [-0.39, 0.29) is 5.88 Å². The third-order valence-corrected chi connectivity index (χ3v) is 4.13. The number of aromatic hydroxyl groups is 1. The molecule has 19 heavy (non-hydrogen) atoms. The Hall–Kier alpha value is -1.84. The lowest BCUT2D eigenvalue weighted by atomic mass is 10.2. The zero-order chi connectivity index (χ0) is 13.2. The zero-order valence-corrected chi connectivity index (χ0v) is 11.4. The summed E-state index contributed by atoms with van der Waals surface area (Å²) in [5.41, 5.74) is 1.92. The molecule has 94 valence electrons. The summed E-state index contributed by atoms with van der Waals surface area (Å²) in [6.45, 7) is 0. The van der Waals surface area contributed by atoms with Crippen molar-refractivity contribution in [2.75, 3.05) is 0 Å². The Balaban J connectivity index is 2.05. The van der Waals surface area contributed by atoms with Gasteiger partial charge in [-0.1, -0.05) is 54.1 Å². The van der Waals surface area contributed by atoms with E-state index < -0.39 is 0 Å². The fourth-order valence-electron chi connectivity index (χ4n) is 1.81. The minimum absolute atomic E-state index is 0.0613. The Morgan fingerprint density at radius 1 is 0.895 bits per heavy atom. The molecule has 2 aromatic carbocycles. The van der Waals surface area contributed by atoms with Crippen molar-refractivity contribution in [2.45, 2.75) is 0 Å². The predicted molar refractivity (Wildman–Crippen MR) is 79.7 cm³/mol. The highest BCUT2D eigenvalue weighted by atomic mass is 35.5. The summed E-state index contributed by atoms with van der Waals surface area (Å²) in [6, 6.07) is 17.2. The van der Waals surface area contributed by atoms with Crippen LogP contribution in [0.15, 0.2) is 54.6 Å². The number of aromatic nitrogens is 1. The van der Waals surface area contributed by atoms with Crippen molar-refractivity contribution in [3.8, 4) is 26.9 Å². The summed E-state index contributed by atoms with van der Waals surface area (Å²) in [6.07, 6.45) is 0.